The smallest absolute Gasteiger partial charge is 0.407 e. The lowest BCUT2D eigenvalue weighted by molar-refractivity contribution is -0.117. The van der Waals surface area contributed by atoms with Crippen molar-refractivity contribution < 1.29 is 14.3 Å². The number of alkyl carbamates (subject to hydrolysis) is 1. The van der Waals surface area contributed by atoms with Gasteiger partial charge in [-0.2, -0.15) is 0 Å². The number of carbonyl (C=O) groups excluding carboxylic acids is 2. The number of para-hydroxylation sites is 1. The number of anilines is 1. The number of fused-ring (bicyclic) bond motifs is 1. The Morgan fingerprint density at radius 1 is 1.14 bits per heavy atom. The molecule has 0 bridgehead atoms. The van der Waals surface area contributed by atoms with Crippen LogP contribution in [0.1, 0.15) is 32.8 Å². The number of benzene rings is 1. The van der Waals surface area contributed by atoms with Crippen LogP contribution in [0, 0.1) is 0 Å². The predicted octanol–water partition coefficient (Wildman–Crippen LogP) is 1.66. The van der Waals surface area contributed by atoms with Gasteiger partial charge < -0.3 is 25.6 Å². The van der Waals surface area contributed by atoms with E-state index < -0.39 is 11.7 Å². The number of rotatable bonds is 5. The molecule has 154 valence electrons. The first-order chi connectivity index (χ1) is 13.3. The topological polar surface area (TPSA) is 95.1 Å². The van der Waals surface area contributed by atoms with Crippen molar-refractivity contribution in [1.82, 2.24) is 16.0 Å². The Balaban J connectivity index is 1.74. The highest BCUT2D eigenvalue weighted by atomic mass is 16.6. The van der Waals surface area contributed by atoms with Crippen LogP contribution < -0.4 is 20.9 Å². The number of nitrogens with zero attached hydrogens (tertiary/aromatic N) is 2. The molecule has 1 aromatic carbocycles. The standard InChI is InChI=1S/C20H31N5O3/c1-20(2,3)28-19(27)23-12-11-22-18(21-4)24-14-17(26)25-13-7-9-15-8-5-6-10-16(15)25/h5-6,8,10H,7,9,11-14H2,1-4H3,(H,23,27)(H2,21,22,24). The van der Waals surface area contributed by atoms with Gasteiger partial charge in [-0.1, -0.05) is 18.2 Å². The molecule has 0 aliphatic carbocycles. The van der Waals surface area contributed by atoms with Crippen molar-refractivity contribution in [2.75, 3.05) is 38.1 Å². The summed E-state index contributed by atoms with van der Waals surface area (Å²) in [7, 11) is 1.64. The van der Waals surface area contributed by atoms with Crippen LogP contribution in [0.2, 0.25) is 0 Å². The van der Waals surface area contributed by atoms with Crippen molar-refractivity contribution in [3.63, 3.8) is 0 Å². The molecule has 1 aliphatic heterocycles. The number of hydrogen-bond donors (Lipinski definition) is 3. The summed E-state index contributed by atoms with van der Waals surface area (Å²) < 4.78 is 5.17. The summed E-state index contributed by atoms with van der Waals surface area (Å²) in [4.78, 5) is 30.2. The second-order valence-electron chi connectivity index (χ2n) is 7.56. The molecule has 0 radical (unpaired) electrons. The van der Waals surface area contributed by atoms with Crippen LogP contribution >= 0.6 is 0 Å². The van der Waals surface area contributed by atoms with Crippen molar-refractivity contribution in [2.45, 2.75) is 39.2 Å². The minimum absolute atomic E-state index is 0.00183. The number of amides is 2. The van der Waals surface area contributed by atoms with E-state index in [1.54, 1.807) is 7.05 Å². The molecule has 0 saturated heterocycles. The van der Waals surface area contributed by atoms with E-state index >= 15 is 0 Å². The summed E-state index contributed by atoms with van der Waals surface area (Å²) in [6.07, 6.45) is 1.50. The molecule has 0 aromatic heterocycles. The molecule has 0 spiro atoms. The maximum absolute atomic E-state index is 12.6. The lowest BCUT2D eigenvalue weighted by Crippen LogP contribution is -2.47. The SMILES string of the molecule is CN=C(NCCNC(=O)OC(C)(C)C)NCC(=O)N1CCCc2ccccc21. The van der Waals surface area contributed by atoms with Gasteiger partial charge in [0.15, 0.2) is 5.96 Å². The number of nitrogens with one attached hydrogen (secondary N) is 3. The van der Waals surface area contributed by atoms with Gasteiger partial charge in [-0.25, -0.2) is 4.79 Å². The van der Waals surface area contributed by atoms with Crippen LogP contribution in [0.3, 0.4) is 0 Å². The normalized spacial score (nSPS) is 14.1. The fourth-order valence-electron chi connectivity index (χ4n) is 2.93. The summed E-state index contributed by atoms with van der Waals surface area (Å²) in [5.74, 6) is 0.506. The molecule has 1 aromatic rings. The van der Waals surface area contributed by atoms with Gasteiger partial charge in [0.05, 0.1) is 6.54 Å². The van der Waals surface area contributed by atoms with Gasteiger partial charge in [0, 0.05) is 32.4 Å². The summed E-state index contributed by atoms with van der Waals surface area (Å²) in [5.41, 5.74) is 1.67. The Hall–Kier alpha value is -2.77. The van der Waals surface area contributed by atoms with E-state index in [-0.39, 0.29) is 12.5 Å². The molecule has 8 nitrogen and oxygen atoms in total. The molecule has 3 N–H and O–H groups in total. The lowest BCUT2D eigenvalue weighted by Gasteiger charge is -2.29. The van der Waals surface area contributed by atoms with Crippen LogP contribution in [0.5, 0.6) is 0 Å². The molecular weight excluding hydrogens is 358 g/mol. The number of hydrogen-bond acceptors (Lipinski definition) is 4. The van der Waals surface area contributed by atoms with Gasteiger partial charge in [-0.15, -0.1) is 0 Å². The van der Waals surface area contributed by atoms with Crippen molar-refractivity contribution in [3.8, 4) is 0 Å². The molecule has 0 fully saturated rings. The van der Waals surface area contributed by atoms with Crippen LogP contribution in [-0.4, -0.2) is 56.8 Å². The van der Waals surface area contributed by atoms with E-state index in [0.717, 1.165) is 25.1 Å². The Morgan fingerprint density at radius 3 is 2.57 bits per heavy atom. The third-order valence-electron chi connectivity index (χ3n) is 4.13. The minimum atomic E-state index is -0.525. The largest absolute Gasteiger partial charge is 0.444 e. The zero-order valence-electron chi connectivity index (χ0n) is 17.2. The van der Waals surface area contributed by atoms with Gasteiger partial charge >= 0.3 is 6.09 Å². The molecule has 0 unspecified atom stereocenters. The Bertz CT molecular complexity index is 712. The number of aliphatic imine (C=N–C) groups is 1. The van der Waals surface area contributed by atoms with E-state index in [0.29, 0.717) is 19.0 Å². The van der Waals surface area contributed by atoms with Gasteiger partial charge in [-0.05, 0) is 45.2 Å². The second-order valence-corrected chi connectivity index (χ2v) is 7.56. The quantitative estimate of drug-likeness (QED) is 0.404. The minimum Gasteiger partial charge on any atom is -0.444 e. The average Bonchev–Trinajstić information content (AvgIpc) is 2.65. The monoisotopic (exact) mass is 389 g/mol. The maximum atomic E-state index is 12.6. The highest BCUT2D eigenvalue weighted by molar-refractivity contribution is 5.98. The highest BCUT2D eigenvalue weighted by Gasteiger charge is 2.22. The van der Waals surface area contributed by atoms with Gasteiger partial charge in [0.25, 0.3) is 0 Å². The molecule has 1 heterocycles. The first-order valence-corrected chi connectivity index (χ1v) is 9.60. The molecule has 8 heteroatoms. The van der Waals surface area contributed by atoms with Crippen molar-refractivity contribution in [1.29, 1.82) is 0 Å². The van der Waals surface area contributed by atoms with Crippen molar-refractivity contribution >= 4 is 23.6 Å². The third kappa shape index (κ3) is 6.75. The summed E-state index contributed by atoms with van der Waals surface area (Å²) in [6, 6.07) is 8.01. The second kappa shape index (κ2) is 9.96. The first kappa shape index (κ1) is 21.5. The fourth-order valence-corrected chi connectivity index (χ4v) is 2.93. The average molecular weight is 390 g/mol. The van der Waals surface area contributed by atoms with E-state index in [9.17, 15) is 9.59 Å². The van der Waals surface area contributed by atoms with E-state index in [2.05, 4.69) is 27.0 Å². The Morgan fingerprint density at radius 2 is 1.86 bits per heavy atom. The molecule has 0 saturated carbocycles. The van der Waals surface area contributed by atoms with Gasteiger partial charge in [-0.3, -0.25) is 9.79 Å². The zero-order valence-corrected chi connectivity index (χ0v) is 17.2. The van der Waals surface area contributed by atoms with Crippen molar-refractivity contribution in [2.24, 2.45) is 4.99 Å². The number of guanidine groups is 1. The van der Waals surface area contributed by atoms with Gasteiger partial charge in [0.1, 0.15) is 5.60 Å². The summed E-state index contributed by atoms with van der Waals surface area (Å²) >= 11 is 0. The Labute approximate surface area is 166 Å². The molecule has 1 aliphatic rings. The van der Waals surface area contributed by atoms with Crippen LogP contribution in [0.4, 0.5) is 10.5 Å². The molecule has 2 amide bonds. The highest BCUT2D eigenvalue weighted by Crippen LogP contribution is 2.26. The van der Waals surface area contributed by atoms with Gasteiger partial charge in [0.2, 0.25) is 5.91 Å². The first-order valence-electron chi connectivity index (χ1n) is 9.60. The van der Waals surface area contributed by atoms with Crippen LogP contribution in [0.15, 0.2) is 29.3 Å². The summed E-state index contributed by atoms with van der Waals surface area (Å²) in [6.45, 7) is 7.15. The predicted molar refractivity (Wildman–Crippen MR) is 111 cm³/mol. The zero-order chi connectivity index (χ0) is 20.6. The third-order valence-corrected chi connectivity index (χ3v) is 4.13. The Kier molecular flexibility index (Phi) is 7.66. The number of carbonyl (C=O) groups is 2. The lowest BCUT2D eigenvalue weighted by atomic mass is 10.0. The van der Waals surface area contributed by atoms with E-state index in [1.165, 1.54) is 5.56 Å². The summed E-state index contributed by atoms with van der Waals surface area (Å²) in [5, 5.41) is 8.75. The fraction of sp³-hybridized carbons (Fsp3) is 0.550. The van der Waals surface area contributed by atoms with Crippen molar-refractivity contribution in [3.05, 3.63) is 29.8 Å². The van der Waals surface area contributed by atoms with E-state index in [4.69, 9.17) is 4.74 Å². The molecule has 2 rings (SSSR count). The molecular formula is C20H31N5O3. The van der Waals surface area contributed by atoms with Crippen LogP contribution in [0.25, 0.3) is 0 Å². The molecule has 28 heavy (non-hydrogen) atoms. The molecule has 0 atom stereocenters. The maximum Gasteiger partial charge on any atom is 0.407 e. The number of aryl methyl sites for hydroxylation is 1. The van der Waals surface area contributed by atoms with E-state index in [1.807, 2.05) is 43.9 Å². The van der Waals surface area contributed by atoms with Crippen LogP contribution in [-0.2, 0) is 16.0 Å². The number of ether oxygens (including phenoxy) is 1.